The van der Waals surface area contributed by atoms with Gasteiger partial charge in [-0.05, 0) is 13.0 Å². The lowest BCUT2D eigenvalue weighted by molar-refractivity contribution is 1.19. The van der Waals surface area contributed by atoms with E-state index < -0.39 is 0 Å². The maximum atomic E-state index is 5.13. The van der Waals surface area contributed by atoms with Gasteiger partial charge in [0.25, 0.3) is 0 Å². The van der Waals surface area contributed by atoms with Crippen LogP contribution in [0, 0.1) is 11.6 Å². The monoisotopic (exact) mass is 208 g/mol. The molecule has 1 N–H and O–H groups in total. The van der Waals surface area contributed by atoms with Gasteiger partial charge in [-0.2, -0.15) is 0 Å². The van der Waals surface area contributed by atoms with Crippen molar-refractivity contribution in [3.8, 4) is 11.3 Å². The lowest BCUT2D eigenvalue weighted by atomic mass is 10.2. The molecule has 2 rings (SSSR count). The molecule has 13 heavy (non-hydrogen) atoms. The van der Waals surface area contributed by atoms with E-state index in [2.05, 4.69) is 28.3 Å². The molecule has 2 aromatic heterocycles. The van der Waals surface area contributed by atoms with E-state index in [9.17, 15) is 0 Å². The number of aromatic nitrogens is 2. The Bertz CT molecular complexity index is 470. The Morgan fingerprint density at radius 2 is 2.38 bits per heavy atom. The molecule has 0 aliphatic rings. The number of thiophene rings is 1. The van der Waals surface area contributed by atoms with E-state index in [4.69, 9.17) is 12.2 Å². The predicted molar refractivity (Wildman–Crippen MR) is 57.5 cm³/mol. The van der Waals surface area contributed by atoms with Crippen molar-refractivity contribution in [1.29, 1.82) is 0 Å². The summed E-state index contributed by atoms with van der Waals surface area (Å²) in [6.07, 6.45) is 3.46. The van der Waals surface area contributed by atoms with Crippen molar-refractivity contribution in [3.63, 3.8) is 0 Å². The Morgan fingerprint density at radius 1 is 1.54 bits per heavy atom. The van der Waals surface area contributed by atoms with Crippen molar-refractivity contribution in [1.82, 2.24) is 9.97 Å². The Hall–Kier alpha value is -1.00. The number of rotatable bonds is 1. The van der Waals surface area contributed by atoms with Crippen molar-refractivity contribution < 1.29 is 0 Å². The van der Waals surface area contributed by atoms with Crippen molar-refractivity contribution in [2.75, 3.05) is 0 Å². The first-order valence-corrected chi connectivity index (χ1v) is 5.15. The zero-order valence-corrected chi connectivity index (χ0v) is 8.71. The molecule has 0 aromatic carbocycles. The van der Waals surface area contributed by atoms with Gasteiger partial charge in [0.2, 0.25) is 0 Å². The molecule has 0 aliphatic carbocycles. The minimum atomic E-state index is 0.695. The highest BCUT2D eigenvalue weighted by Gasteiger charge is 2.02. The number of nitrogens with one attached hydrogen (secondary N) is 1. The van der Waals surface area contributed by atoms with E-state index >= 15 is 0 Å². The Balaban J connectivity index is 2.59. The number of aryl methyl sites for hydroxylation is 1. The molecule has 0 bridgehead atoms. The van der Waals surface area contributed by atoms with Gasteiger partial charge in [0.15, 0.2) is 0 Å². The molecule has 0 saturated carbocycles. The SMILES string of the molecule is Cc1cc(-c2ncc[nH]c2=S)cs1. The summed E-state index contributed by atoms with van der Waals surface area (Å²) in [4.78, 5) is 8.47. The third-order valence-electron chi connectivity index (χ3n) is 1.71. The molecule has 2 nitrogen and oxygen atoms in total. The standard InChI is InChI=1S/C9H8N2S2/c1-6-4-7(5-13-6)8-9(12)11-3-2-10-8/h2-5H,1H3,(H,11,12). The number of nitrogens with zero attached hydrogens (tertiary/aromatic N) is 1. The summed E-state index contributed by atoms with van der Waals surface area (Å²) >= 11 is 6.84. The average Bonchev–Trinajstić information content (AvgIpc) is 2.53. The minimum Gasteiger partial charge on any atom is -0.350 e. The lowest BCUT2D eigenvalue weighted by Gasteiger charge is -1.94. The Labute approximate surface area is 85.3 Å². The normalized spacial score (nSPS) is 10.2. The van der Waals surface area contributed by atoms with Crippen LogP contribution in [0.2, 0.25) is 0 Å². The van der Waals surface area contributed by atoms with Crippen LogP contribution in [-0.4, -0.2) is 9.97 Å². The van der Waals surface area contributed by atoms with Crippen LogP contribution in [-0.2, 0) is 0 Å². The van der Waals surface area contributed by atoms with Gasteiger partial charge in [-0.25, -0.2) is 0 Å². The Morgan fingerprint density at radius 3 is 3.00 bits per heavy atom. The number of hydrogen-bond donors (Lipinski definition) is 1. The molecule has 66 valence electrons. The van der Waals surface area contributed by atoms with Gasteiger partial charge in [-0.3, -0.25) is 4.98 Å². The largest absolute Gasteiger partial charge is 0.350 e. The van der Waals surface area contributed by atoms with Gasteiger partial charge >= 0.3 is 0 Å². The molecule has 0 radical (unpaired) electrons. The van der Waals surface area contributed by atoms with Crippen LogP contribution in [0.15, 0.2) is 23.8 Å². The van der Waals surface area contributed by atoms with Crippen molar-refractivity contribution >= 4 is 23.6 Å². The number of aromatic amines is 1. The molecule has 4 heteroatoms. The highest BCUT2D eigenvalue weighted by molar-refractivity contribution is 7.71. The molecule has 0 aliphatic heterocycles. The fourth-order valence-electron chi connectivity index (χ4n) is 1.13. The highest BCUT2D eigenvalue weighted by atomic mass is 32.1. The number of H-pyrrole nitrogens is 1. The molecule has 0 spiro atoms. The summed E-state index contributed by atoms with van der Waals surface area (Å²) in [5.74, 6) is 0. The second-order valence-electron chi connectivity index (χ2n) is 2.71. The smallest absolute Gasteiger partial charge is 0.129 e. The maximum Gasteiger partial charge on any atom is 0.129 e. The summed E-state index contributed by atoms with van der Waals surface area (Å²) in [5.41, 5.74) is 1.96. The van der Waals surface area contributed by atoms with Crippen LogP contribution < -0.4 is 0 Å². The van der Waals surface area contributed by atoms with Crippen LogP contribution in [0.3, 0.4) is 0 Å². The molecule has 0 amide bonds. The molecular formula is C9H8N2S2. The van der Waals surface area contributed by atoms with Gasteiger partial charge in [-0.1, -0.05) is 12.2 Å². The third kappa shape index (κ3) is 1.68. The molecule has 0 unspecified atom stereocenters. The van der Waals surface area contributed by atoms with Gasteiger partial charge in [0, 0.05) is 28.2 Å². The van der Waals surface area contributed by atoms with Gasteiger partial charge < -0.3 is 4.98 Å². The topological polar surface area (TPSA) is 28.7 Å². The quantitative estimate of drug-likeness (QED) is 0.729. The molecule has 0 saturated heterocycles. The van der Waals surface area contributed by atoms with Crippen LogP contribution in [0.5, 0.6) is 0 Å². The second-order valence-corrected chi connectivity index (χ2v) is 4.24. The Kier molecular flexibility index (Phi) is 2.24. The van der Waals surface area contributed by atoms with Crippen molar-refractivity contribution in [2.24, 2.45) is 0 Å². The first kappa shape index (κ1) is 8.59. The fraction of sp³-hybridized carbons (Fsp3) is 0.111. The average molecular weight is 208 g/mol. The molecule has 2 aromatic rings. The number of hydrogen-bond acceptors (Lipinski definition) is 3. The lowest BCUT2D eigenvalue weighted by Crippen LogP contribution is -1.84. The van der Waals surface area contributed by atoms with E-state index in [0.29, 0.717) is 4.64 Å². The van der Waals surface area contributed by atoms with E-state index in [-0.39, 0.29) is 0 Å². The zero-order chi connectivity index (χ0) is 9.26. The first-order chi connectivity index (χ1) is 6.27. The van der Waals surface area contributed by atoms with E-state index in [1.807, 2.05) is 0 Å². The van der Waals surface area contributed by atoms with E-state index in [1.54, 1.807) is 23.7 Å². The van der Waals surface area contributed by atoms with Crippen molar-refractivity contribution in [3.05, 3.63) is 33.4 Å². The van der Waals surface area contributed by atoms with Crippen LogP contribution in [0.25, 0.3) is 11.3 Å². The van der Waals surface area contributed by atoms with Gasteiger partial charge in [-0.15, -0.1) is 11.3 Å². The molecule has 0 fully saturated rings. The summed E-state index contributed by atoms with van der Waals surface area (Å²) in [5, 5.41) is 2.07. The van der Waals surface area contributed by atoms with Crippen LogP contribution in [0.4, 0.5) is 0 Å². The minimum absolute atomic E-state index is 0.695. The predicted octanol–water partition coefficient (Wildman–Crippen LogP) is 3.18. The van der Waals surface area contributed by atoms with E-state index in [0.717, 1.165) is 11.3 Å². The fourth-order valence-corrected chi connectivity index (χ4v) is 2.05. The van der Waals surface area contributed by atoms with Gasteiger partial charge in [0.05, 0.1) is 0 Å². The first-order valence-electron chi connectivity index (χ1n) is 3.86. The molecule has 2 heterocycles. The zero-order valence-electron chi connectivity index (χ0n) is 7.07. The van der Waals surface area contributed by atoms with Crippen molar-refractivity contribution in [2.45, 2.75) is 6.92 Å². The second kappa shape index (κ2) is 3.40. The maximum absolute atomic E-state index is 5.13. The van der Waals surface area contributed by atoms with Gasteiger partial charge in [0.1, 0.15) is 10.3 Å². The summed E-state index contributed by atoms with van der Waals surface area (Å²) < 4.78 is 0.695. The van der Waals surface area contributed by atoms with Crippen LogP contribution >= 0.6 is 23.6 Å². The summed E-state index contributed by atoms with van der Waals surface area (Å²) in [6.45, 7) is 2.07. The van der Waals surface area contributed by atoms with E-state index in [1.165, 1.54) is 4.88 Å². The summed E-state index contributed by atoms with van der Waals surface area (Å²) in [6, 6.07) is 2.09. The highest BCUT2D eigenvalue weighted by Crippen LogP contribution is 2.23. The summed E-state index contributed by atoms with van der Waals surface area (Å²) in [7, 11) is 0. The molecular weight excluding hydrogens is 200 g/mol. The molecule has 0 atom stereocenters. The third-order valence-corrected chi connectivity index (χ3v) is 2.88. The van der Waals surface area contributed by atoms with Crippen LogP contribution in [0.1, 0.15) is 4.88 Å².